The highest BCUT2D eigenvalue weighted by atomic mass is 16.5. The highest BCUT2D eigenvalue weighted by Gasteiger charge is 2.18. The van der Waals surface area contributed by atoms with Crippen LogP contribution < -0.4 is 16.2 Å². The Bertz CT molecular complexity index is 408. The molecule has 1 aromatic rings. The number of rotatable bonds is 7. The van der Waals surface area contributed by atoms with Crippen molar-refractivity contribution in [1.29, 1.82) is 0 Å². The molecule has 1 aromatic heterocycles. The molecule has 0 bridgehead atoms. The minimum atomic E-state index is 0.332. The fourth-order valence-corrected chi connectivity index (χ4v) is 1.93. The van der Waals surface area contributed by atoms with E-state index in [1.54, 1.807) is 7.11 Å². The summed E-state index contributed by atoms with van der Waals surface area (Å²) in [6, 6.07) is 0.332. The van der Waals surface area contributed by atoms with Gasteiger partial charge in [-0.25, -0.2) is 15.8 Å². The molecule has 0 radical (unpaired) electrons. The number of nitrogens with zero attached hydrogens (tertiary/aromatic N) is 3. The number of hydrogen-bond acceptors (Lipinski definition) is 6. The maximum Gasteiger partial charge on any atom is 0.148 e. The van der Waals surface area contributed by atoms with E-state index in [0.29, 0.717) is 18.5 Å². The van der Waals surface area contributed by atoms with E-state index in [1.165, 1.54) is 0 Å². The first-order valence-corrected chi connectivity index (χ1v) is 6.64. The Balaban J connectivity index is 3.20. The van der Waals surface area contributed by atoms with E-state index >= 15 is 0 Å². The first-order chi connectivity index (χ1) is 9.04. The third-order valence-corrected chi connectivity index (χ3v) is 3.05. The third kappa shape index (κ3) is 3.78. The molecule has 0 saturated carbocycles. The molecule has 6 heteroatoms. The van der Waals surface area contributed by atoms with E-state index in [1.807, 2.05) is 13.8 Å². The smallest absolute Gasteiger partial charge is 0.148 e. The highest BCUT2D eigenvalue weighted by molar-refractivity contribution is 5.58. The van der Waals surface area contributed by atoms with Crippen molar-refractivity contribution in [2.75, 3.05) is 30.6 Å². The van der Waals surface area contributed by atoms with Crippen molar-refractivity contribution in [3.05, 3.63) is 11.4 Å². The fraction of sp³-hybridized carbons (Fsp3) is 0.692. The Morgan fingerprint density at radius 3 is 2.53 bits per heavy atom. The molecule has 1 rings (SSSR count). The summed E-state index contributed by atoms with van der Waals surface area (Å²) >= 11 is 0. The molecule has 0 atom stereocenters. The van der Waals surface area contributed by atoms with Crippen LogP contribution in [0.15, 0.2) is 0 Å². The number of nitrogens with two attached hydrogens (primary N) is 1. The molecule has 3 N–H and O–H groups in total. The summed E-state index contributed by atoms with van der Waals surface area (Å²) < 4.78 is 5.17. The summed E-state index contributed by atoms with van der Waals surface area (Å²) in [5.74, 6) is 7.93. The van der Waals surface area contributed by atoms with Crippen LogP contribution in [0, 0.1) is 6.92 Å². The van der Waals surface area contributed by atoms with Gasteiger partial charge >= 0.3 is 0 Å². The summed E-state index contributed by atoms with van der Waals surface area (Å²) in [4.78, 5) is 11.2. The molecule has 0 aliphatic carbocycles. The number of aryl methyl sites for hydroxylation is 1. The lowest BCUT2D eigenvalue weighted by Crippen LogP contribution is -2.35. The molecular weight excluding hydrogens is 242 g/mol. The van der Waals surface area contributed by atoms with Crippen LogP contribution in [-0.4, -0.2) is 36.3 Å². The van der Waals surface area contributed by atoms with Crippen LogP contribution in [0.25, 0.3) is 0 Å². The number of aromatic nitrogens is 2. The molecule has 6 nitrogen and oxygen atoms in total. The van der Waals surface area contributed by atoms with E-state index in [4.69, 9.17) is 10.6 Å². The first-order valence-electron chi connectivity index (χ1n) is 6.64. The number of hydrogen-bond donors (Lipinski definition) is 2. The Morgan fingerprint density at radius 1 is 1.37 bits per heavy atom. The molecule has 108 valence electrons. The molecule has 0 unspecified atom stereocenters. The van der Waals surface area contributed by atoms with Gasteiger partial charge in [0.15, 0.2) is 0 Å². The highest BCUT2D eigenvalue weighted by Crippen LogP contribution is 2.24. The van der Waals surface area contributed by atoms with Crippen LogP contribution in [0.3, 0.4) is 0 Å². The zero-order valence-corrected chi connectivity index (χ0v) is 12.5. The summed E-state index contributed by atoms with van der Waals surface area (Å²) in [6.45, 7) is 9.74. The Morgan fingerprint density at radius 2 is 2.05 bits per heavy atom. The summed E-state index contributed by atoms with van der Waals surface area (Å²) in [5.41, 5.74) is 3.61. The standard InChI is InChI=1S/C13H25N5O/c1-6-11-15-12(17-14)10(4)13(16-11)18(9(2)3)7-8-19-5/h9H,6-8,14H2,1-5H3,(H,15,16,17). The van der Waals surface area contributed by atoms with Crippen molar-refractivity contribution in [2.45, 2.75) is 40.2 Å². The molecule has 0 aromatic carbocycles. The lowest BCUT2D eigenvalue weighted by atomic mass is 10.2. The second-order valence-electron chi connectivity index (χ2n) is 4.71. The van der Waals surface area contributed by atoms with Gasteiger partial charge in [0.05, 0.1) is 6.61 Å². The second kappa shape index (κ2) is 7.25. The largest absolute Gasteiger partial charge is 0.383 e. The Kier molecular flexibility index (Phi) is 5.98. The number of anilines is 2. The van der Waals surface area contributed by atoms with Gasteiger partial charge < -0.3 is 15.1 Å². The monoisotopic (exact) mass is 267 g/mol. The molecule has 0 amide bonds. The van der Waals surface area contributed by atoms with Gasteiger partial charge in [-0.3, -0.25) is 0 Å². The number of hydrazine groups is 1. The molecule has 0 aliphatic rings. The summed E-state index contributed by atoms with van der Waals surface area (Å²) in [5, 5.41) is 0. The normalized spacial score (nSPS) is 10.9. The van der Waals surface area contributed by atoms with Crippen LogP contribution in [0.1, 0.15) is 32.2 Å². The van der Waals surface area contributed by atoms with Gasteiger partial charge in [-0.15, -0.1) is 0 Å². The van der Waals surface area contributed by atoms with Crippen LogP contribution >= 0.6 is 0 Å². The second-order valence-corrected chi connectivity index (χ2v) is 4.71. The summed E-state index contributed by atoms with van der Waals surface area (Å²) in [6.07, 6.45) is 0.776. The van der Waals surface area contributed by atoms with Crippen molar-refractivity contribution >= 4 is 11.6 Å². The average Bonchev–Trinajstić information content (AvgIpc) is 2.40. The van der Waals surface area contributed by atoms with Gasteiger partial charge in [0.2, 0.25) is 0 Å². The van der Waals surface area contributed by atoms with Gasteiger partial charge in [0.1, 0.15) is 17.5 Å². The molecule has 19 heavy (non-hydrogen) atoms. The number of nitrogens with one attached hydrogen (secondary N) is 1. The molecule has 1 heterocycles. The van der Waals surface area contributed by atoms with Crippen LogP contribution in [-0.2, 0) is 11.2 Å². The molecule has 0 saturated heterocycles. The van der Waals surface area contributed by atoms with Gasteiger partial charge in [-0.1, -0.05) is 6.92 Å². The maximum atomic E-state index is 5.54. The van der Waals surface area contributed by atoms with Crippen LogP contribution in [0.4, 0.5) is 11.6 Å². The SMILES string of the molecule is CCc1nc(NN)c(C)c(N(CCOC)C(C)C)n1. The van der Waals surface area contributed by atoms with Gasteiger partial charge in [0.25, 0.3) is 0 Å². The Hall–Kier alpha value is -1.40. The maximum absolute atomic E-state index is 5.54. The first kappa shape index (κ1) is 15.7. The Labute approximate surface area is 115 Å². The average molecular weight is 267 g/mol. The van der Waals surface area contributed by atoms with E-state index in [0.717, 1.165) is 30.2 Å². The molecular formula is C13H25N5O. The topological polar surface area (TPSA) is 76.3 Å². The predicted molar refractivity (Wildman–Crippen MR) is 78.3 cm³/mol. The molecule has 0 fully saturated rings. The fourth-order valence-electron chi connectivity index (χ4n) is 1.93. The van der Waals surface area contributed by atoms with Gasteiger partial charge in [-0.05, 0) is 20.8 Å². The molecule has 0 aliphatic heterocycles. The third-order valence-electron chi connectivity index (χ3n) is 3.05. The van der Waals surface area contributed by atoms with Crippen molar-refractivity contribution in [3.8, 4) is 0 Å². The van der Waals surface area contributed by atoms with E-state index < -0.39 is 0 Å². The predicted octanol–water partition coefficient (Wildman–Crippen LogP) is 1.49. The molecule has 0 spiro atoms. The number of ether oxygens (including phenoxy) is 1. The van der Waals surface area contributed by atoms with Crippen molar-refractivity contribution in [3.63, 3.8) is 0 Å². The minimum absolute atomic E-state index is 0.332. The van der Waals surface area contributed by atoms with E-state index in [-0.39, 0.29) is 0 Å². The van der Waals surface area contributed by atoms with Crippen LogP contribution in [0.5, 0.6) is 0 Å². The van der Waals surface area contributed by atoms with Crippen molar-refractivity contribution in [2.24, 2.45) is 5.84 Å². The lowest BCUT2D eigenvalue weighted by molar-refractivity contribution is 0.203. The van der Waals surface area contributed by atoms with E-state index in [2.05, 4.69) is 34.1 Å². The van der Waals surface area contributed by atoms with Crippen molar-refractivity contribution in [1.82, 2.24) is 9.97 Å². The minimum Gasteiger partial charge on any atom is -0.383 e. The van der Waals surface area contributed by atoms with Gasteiger partial charge in [0, 0.05) is 31.7 Å². The van der Waals surface area contributed by atoms with Gasteiger partial charge in [-0.2, -0.15) is 0 Å². The quantitative estimate of drug-likeness (QED) is 0.576. The van der Waals surface area contributed by atoms with Crippen LogP contribution in [0.2, 0.25) is 0 Å². The number of nitrogen functional groups attached to an aromatic ring is 1. The zero-order valence-electron chi connectivity index (χ0n) is 12.5. The zero-order chi connectivity index (χ0) is 14.4. The lowest BCUT2D eigenvalue weighted by Gasteiger charge is -2.29. The number of methoxy groups -OCH3 is 1. The van der Waals surface area contributed by atoms with E-state index in [9.17, 15) is 0 Å². The van der Waals surface area contributed by atoms with Crippen molar-refractivity contribution < 1.29 is 4.74 Å². The summed E-state index contributed by atoms with van der Waals surface area (Å²) in [7, 11) is 1.70.